The molecule has 2 aromatic carbocycles. The standard InChI is InChI=1S/C30H37ClN4O4/c31-22-12-10-19(11-13-22)14-26(34-28(36)25-15-20-6-4-5-7-21(20)17-32-25)29(37)33-23-16-27(30(38)39)35(18-23)24-8-2-1-3-9-24/h4-7,10-13,23-27,32H,1-3,8-9,14-18H2,(H,33,37)(H,34,36)(H,38,39)/t23-,25+,26+,27-/m0/s1. The molecule has 2 amide bonds. The van der Waals surface area contributed by atoms with Crippen molar-refractivity contribution in [1.82, 2.24) is 20.9 Å². The smallest absolute Gasteiger partial charge is 0.321 e. The number of nitrogens with zero attached hydrogens (tertiary/aromatic N) is 1. The first-order valence-corrected chi connectivity index (χ1v) is 14.4. The molecule has 1 saturated carbocycles. The number of hydrogen-bond donors (Lipinski definition) is 4. The van der Waals surface area contributed by atoms with Gasteiger partial charge < -0.3 is 21.1 Å². The average Bonchev–Trinajstić information content (AvgIpc) is 3.38. The van der Waals surface area contributed by atoms with E-state index in [2.05, 4.69) is 26.9 Å². The maximum absolute atomic E-state index is 13.6. The Morgan fingerprint density at radius 3 is 2.46 bits per heavy atom. The minimum atomic E-state index is -0.841. The van der Waals surface area contributed by atoms with E-state index in [1.165, 1.54) is 12.0 Å². The van der Waals surface area contributed by atoms with Crippen molar-refractivity contribution in [3.05, 3.63) is 70.2 Å². The molecule has 2 fully saturated rings. The molecule has 2 aliphatic heterocycles. The number of nitrogens with one attached hydrogen (secondary N) is 3. The van der Waals surface area contributed by atoms with Gasteiger partial charge in [0.2, 0.25) is 11.8 Å². The van der Waals surface area contributed by atoms with Gasteiger partial charge in [0.25, 0.3) is 0 Å². The van der Waals surface area contributed by atoms with Gasteiger partial charge in [-0.25, -0.2) is 0 Å². The molecule has 39 heavy (non-hydrogen) atoms. The number of carbonyl (C=O) groups is 3. The van der Waals surface area contributed by atoms with Gasteiger partial charge >= 0.3 is 5.97 Å². The molecule has 0 aromatic heterocycles. The summed E-state index contributed by atoms with van der Waals surface area (Å²) in [6.45, 7) is 1.11. The van der Waals surface area contributed by atoms with Crippen molar-refractivity contribution in [3.8, 4) is 0 Å². The van der Waals surface area contributed by atoms with E-state index in [4.69, 9.17) is 11.6 Å². The highest BCUT2D eigenvalue weighted by Crippen LogP contribution is 2.29. The fourth-order valence-corrected chi connectivity index (χ4v) is 6.43. The van der Waals surface area contributed by atoms with Crippen LogP contribution in [0.3, 0.4) is 0 Å². The lowest BCUT2D eigenvalue weighted by Crippen LogP contribution is -2.56. The lowest BCUT2D eigenvalue weighted by molar-refractivity contribution is -0.143. The van der Waals surface area contributed by atoms with Gasteiger partial charge in [0.05, 0.1) is 6.04 Å². The monoisotopic (exact) mass is 552 g/mol. The lowest BCUT2D eigenvalue weighted by Gasteiger charge is -2.33. The van der Waals surface area contributed by atoms with Crippen LogP contribution in [0, 0.1) is 0 Å². The van der Waals surface area contributed by atoms with Crippen LogP contribution in [0.25, 0.3) is 0 Å². The minimum Gasteiger partial charge on any atom is -0.480 e. The van der Waals surface area contributed by atoms with Gasteiger partial charge in [0.15, 0.2) is 0 Å². The first-order chi connectivity index (χ1) is 18.9. The summed E-state index contributed by atoms with van der Waals surface area (Å²) in [4.78, 5) is 41.1. The summed E-state index contributed by atoms with van der Waals surface area (Å²) in [5.74, 6) is -1.36. The van der Waals surface area contributed by atoms with Crippen molar-refractivity contribution in [3.63, 3.8) is 0 Å². The van der Waals surface area contributed by atoms with E-state index in [1.54, 1.807) is 12.1 Å². The van der Waals surface area contributed by atoms with Crippen LogP contribution in [0.1, 0.15) is 55.2 Å². The number of likely N-dealkylation sites (tertiary alicyclic amines) is 1. The maximum Gasteiger partial charge on any atom is 0.321 e. The topological polar surface area (TPSA) is 111 Å². The Labute approximate surface area is 234 Å². The van der Waals surface area contributed by atoms with Gasteiger partial charge in [-0.3, -0.25) is 19.3 Å². The van der Waals surface area contributed by atoms with Crippen LogP contribution in [0.4, 0.5) is 0 Å². The Hall–Kier alpha value is -2.94. The summed E-state index contributed by atoms with van der Waals surface area (Å²) in [6, 6.07) is 13.4. The Balaban J connectivity index is 1.27. The molecule has 8 nitrogen and oxygen atoms in total. The summed E-state index contributed by atoms with van der Waals surface area (Å²) >= 11 is 6.06. The van der Waals surface area contributed by atoms with Gasteiger partial charge in [-0.2, -0.15) is 0 Å². The Morgan fingerprint density at radius 2 is 1.74 bits per heavy atom. The summed E-state index contributed by atoms with van der Waals surface area (Å²) in [6.07, 6.45) is 6.62. The maximum atomic E-state index is 13.6. The van der Waals surface area contributed by atoms with Crippen molar-refractivity contribution in [2.45, 2.75) is 88.1 Å². The van der Waals surface area contributed by atoms with Crippen LogP contribution in [-0.2, 0) is 33.8 Å². The molecule has 2 aromatic rings. The van der Waals surface area contributed by atoms with Gasteiger partial charge in [-0.05, 0) is 54.5 Å². The van der Waals surface area contributed by atoms with Crippen LogP contribution >= 0.6 is 11.6 Å². The van der Waals surface area contributed by atoms with Crippen molar-refractivity contribution in [2.24, 2.45) is 0 Å². The second-order valence-corrected chi connectivity index (χ2v) is 11.5. The molecule has 1 saturated heterocycles. The van der Waals surface area contributed by atoms with Gasteiger partial charge in [0, 0.05) is 36.6 Å². The van der Waals surface area contributed by atoms with E-state index >= 15 is 0 Å². The fourth-order valence-electron chi connectivity index (χ4n) is 6.30. The molecule has 208 valence electrons. The summed E-state index contributed by atoms with van der Waals surface area (Å²) in [7, 11) is 0. The van der Waals surface area contributed by atoms with Gasteiger partial charge in [0.1, 0.15) is 12.1 Å². The van der Waals surface area contributed by atoms with Crippen molar-refractivity contribution in [1.29, 1.82) is 0 Å². The number of amides is 2. The molecule has 5 rings (SSSR count). The highest BCUT2D eigenvalue weighted by Gasteiger charge is 2.42. The molecule has 0 unspecified atom stereocenters. The summed E-state index contributed by atoms with van der Waals surface area (Å²) in [5.41, 5.74) is 3.18. The van der Waals surface area contributed by atoms with E-state index in [0.717, 1.165) is 36.8 Å². The first-order valence-electron chi connectivity index (χ1n) is 14.0. The molecule has 3 aliphatic rings. The van der Waals surface area contributed by atoms with E-state index in [0.29, 0.717) is 37.4 Å². The summed E-state index contributed by atoms with van der Waals surface area (Å²) < 4.78 is 0. The van der Waals surface area contributed by atoms with Gasteiger partial charge in [-0.1, -0.05) is 67.3 Å². The van der Waals surface area contributed by atoms with Crippen LogP contribution in [0.5, 0.6) is 0 Å². The first kappa shape index (κ1) is 27.6. The fraction of sp³-hybridized carbons (Fsp3) is 0.500. The van der Waals surface area contributed by atoms with Gasteiger partial charge in [-0.15, -0.1) is 0 Å². The Bertz CT molecular complexity index is 1180. The second-order valence-electron chi connectivity index (χ2n) is 11.1. The number of fused-ring (bicyclic) bond motifs is 1. The molecule has 4 N–H and O–H groups in total. The number of carboxylic acid groups (broad SMARTS) is 1. The number of halogens is 1. The zero-order valence-electron chi connectivity index (χ0n) is 22.1. The summed E-state index contributed by atoms with van der Waals surface area (Å²) in [5, 5.41) is 19.9. The third kappa shape index (κ3) is 6.80. The minimum absolute atomic E-state index is 0.225. The highest BCUT2D eigenvalue weighted by molar-refractivity contribution is 6.30. The SMILES string of the molecule is O=C(N[C@H](Cc1ccc(Cl)cc1)C(=O)N[C@H]1C[C@@H](C(=O)O)N(C2CCCCC2)C1)[C@H]1Cc2ccccc2CN1. The second kappa shape index (κ2) is 12.5. The molecule has 4 atom stereocenters. The number of carbonyl (C=O) groups excluding carboxylic acids is 2. The zero-order valence-corrected chi connectivity index (χ0v) is 22.8. The predicted octanol–water partition coefficient (Wildman–Crippen LogP) is 3.06. The molecule has 0 spiro atoms. The molecular weight excluding hydrogens is 516 g/mol. The van der Waals surface area contributed by atoms with E-state index in [9.17, 15) is 19.5 Å². The predicted molar refractivity (Wildman–Crippen MR) is 149 cm³/mol. The zero-order chi connectivity index (χ0) is 27.4. The van der Waals surface area contributed by atoms with Crippen LogP contribution in [-0.4, -0.2) is 64.5 Å². The van der Waals surface area contributed by atoms with Crippen LogP contribution < -0.4 is 16.0 Å². The van der Waals surface area contributed by atoms with Crippen LogP contribution in [0.2, 0.25) is 5.02 Å². The normalized spacial score (nSPS) is 24.5. The van der Waals surface area contributed by atoms with E-state index in [-0.39, 0.29) is 23.9 Å². The molecular formula is C30H37ClN4O4. The highest BCUT2D eigenvalue weighted by atomic mass is 35.5. The van der Waals surface area contributed by atoms with E-state index in [1.807, 2.05) is 30.3 Å². The number of carboxylic acids is 1. The number of hydrogen-bond acceptors (Lipinski definition) is 5. The number of aliphatic carboxylic acids is 1. The molecule has 9 heteroatoms. The van der Waals surface area contributed by atoms with E-state index < -0.39 is 24.1 Å². The quantitative estimate of drug-likeness (QED) is 0.401. The number of rotatable bonds is 8. The molecule has 2 heterocycles. The van der Waals surface area contributed by atoms with Crippen molar-refractivity contribution >= 4 is 29.4 Å². The van der Waals surface area contributed by atoms with Crippen LogP contribution in [0.15, 0.2) is 48.5 Å². The third-order valence-electron chi connectivity index (χ3n) is 8.40. The van der Waals surface area contributed by atoms with Crippen molar-refractivity contribution in [2.75, 3.05) is 6.54 Å². The Kier molecular flexibility index (Phi) is 8.85. The average molecular weight is 553 g/mol. The third-order valence-corrected chi connectivity index (χ3v) is 8.65. The largest absolute Gasteiger partial charge is 0.480 e. The Morgan fingerprint density at radius 1 is 1.03 bits per heavy atom. The molecule has 1 aliphatic carbocycles. The number of benzene rings is 2. The van der Waals surface area contributed by atoms with Crippen molar-refractivity contribution < 1.29 is 19.5 Å². The lowest BCUT2D eigenvalue weighted by atomic mass is 9.94. The molecule has 0 bridgehead atoms. The molecule has 0 radical (unpaired) electrons.